The van der Waals surface area contributed by atoms with Crippen LogP contribution in [-0.4, -0.2) is 44.3 Å². The van der Waals surface area contributed by atoms with Crippen LogP contribution < -0.4 is 11.1 Å². The minimum absolute atomic E-state index is 0.0213. The number of sulfonamides is 1. The maximum Gasteiger partial charge on any atom is 0.251 e. The summed E-state index contributed by atoms with van der Waals surface area (Å²) >= 11 is 0. The molecule has 1 saturated heterocycles. The third-order valence-corrected chi connectivity index (χ3v) is 6.16. The van der Waals surface area contributed by atoms with Gasteiger partial charge in [0, 0.05) is 24.7 Å². The topological polar surface area (TPSA) is 92.5 Å². The van der Waals surface area contributed by atoms with Crippen molar-refractivity contribution in [2.45, 2.75) is 43.5 Å². The maximum atomic E-state index is 12.7. The van der Waals surface area contributed by atoms with Gasteiger partial charge in [-0.15, -0.1) is 0 Å². The second-order valence-electron chi connectivity index (χ2n) is 5.88. The molecule has 0 aliphatic carbocycles. The van der Waals surface area contributed by atoms with Crippen molar-refractivity contribution in [3.05, 3.63) is 29.8 Å². The van der Waals surface area contributed by atoms with Gasteiger partial charge in [-0.2, -0.15) is 4.31 Å². The van der Waals surface area contributed by atoms with E-state index in [2.05, 4.69) is 5.32 Å². The van der Waals surface area contributed by atoms with E-state index in [9.17, 15) is 13.2 Å². The Labute approximate surface area is 138 Å². The standard InChI is InChI=1S/C16H25N3O3S/c1-13-5-2-3-12-19(13)23(21,22)15-8-6-14(7-9-15)16(20)18-11-4-10-17/h6-9,13H,2-5,10-12,17H2,1H3,(H,18,20). The summed E-state index contributed by atoms with van der Waals surface area (Å²) in [6.07, 6.45) is 3.56. The van der Waals surface area contributed by atoms with E-state index in [0.717, 1.165) is 19.3 Å². The molecule has 1 heterocycles. The predicted molar refractivity (Wildman–Crippen MR) is 89.7 cm³/mol. The van der Waals surface area contributed by atoms with Crippen molar-refractivity contribution >= 4 is 15.9 Å². The zero-order valence-corrected chi connectivity index (χ0v) is 14.3. The number of carbonyl (C=O) groups is 1. The first kappa shape index (κ1) is 17.9. The van der Waals surface area contributed by atoms with Gasteiger partial charge in [-0.05, 0) is 57.0 Å². The van der Waals surface area contributed by atoms with Crippen LogP contribution in [0.2, 0.25) is 0 Å². The number of benzene rings is 1. The molecule has 0 radical (unpaired) electrons. The number of nitrogens with two attached hydrogens (primary N) is 1. The molecule has 0 spiro atoms. The summed E-state index contributed by atoms with van der Waals surface area (Å²) in [5.41, 5.74) is 5.83. The lowest BCUT2D eigenvalue weighted by Gasteiger charge is -2.32. The first-order valence-corrected chi connectivity index (χ1v) is 9.51. The molecular formula is C16H25N3O3S. The summed E-state index contributed by atoms with van der Waals surface area (Å²) in [6, 6.07) is 6.15. The Morgan fingerprint density at radius 2 is 2.00 bits per heavy atom. The molecular weight excluding hydrogens is 314 g/mol. The average Bonchev–Trinajstić information content (AvgIpc) is 2.55. The Kier molecular flexibility index (Phi) is 6.15. The summed E-state index contributed by atoms with van der Waals surface area (Å²) in [5, 5.41) is 2.75. The number of nitrogens with zero attached hydrogens (tertiary/aromatic N) is 1. The van der Waals surface area contributed by atoms with Crippen LogP contribution in [0, 0.1) is 0 Å². The predicted octanol–water partition coefficient (Wildman–Crippen LogP) is 1.33. The molecule has 1 fully saturated rings. The molecule has 6 nitrogen and oxygen atoms in total. The van der Waals surface area contributed by atoms with E-state index in [4.69, 9.17) is 5.73 Å². The molecule has 7 heteroatoms. The number of hydrogen-bond acceptors (Lipinski definition) is 4. The number of carbonyl (C=O) groups excluding carboxylic acids is 1. The van der Waals surface area contributed by atoms with Crippen molar-refractivity contribution in [1.29, 1.82) is 0 Å². The highest BCUT2D eigenvalue weighted by atomic mass is 32.2. The largest absolute Gasteiger partial charge is 0.352 e. The quantitative estimate of drug-likeness (QED) is 0.765. The van der Waals surface area contributed by atoms with E-state index >= 15 is 0 Å². The zero-order valence-electron chi connectivity index (χ0n) is 13.5. The summed E-state index contributed by atoms with van der Waals surface area (Å²) in [4.78, 5) is 12.2. The van der Waals surface area contributed by atoms with Crippen molar-refractivity contribution in [1.82, 2.24) is 9.62 Å². The van der Waals surface area contributed by atoms with E-state index in [1.165, 1.54) is 12.1 Å². The van der Waals surface area contributed by atoms with Gasteiger partial charge in [0.25, 0.3) is 5.91 Å². The third kappa shape index (κ3) is 4.31. The van der Waals surface area contributed by atoms with Gasteiger partial charge in [0.05, 0.1) is 4.90 Å². The fourth-order valence-corrected chi connectivity index (χ4v) is 4.45. The van der Waals surface area contributed by atoms with Crippen molar-refractivity contribution in [3.8, 4) is 0 Å². The number of hydrogen-bond donors (Lipinski definition) is 2. The molecule has 1 aromatic rings. The lowest BCUT2D eigenvalue weighted by Crippen LogP contribution is -2.41. The summed E-state index contributed by atoms with van der Waals surface area (Å²) in [5.74, 6) is -0.214. The Bertz CT molecular complexity index is 628. The Morgan fingerprint density at radius 3 is 2.61 bits per heavy atom. The van der Waals surface area contributed by atoms with Crippen molar-refractivity contribution in [3.63, 3.8) is 0 Å². The van der Waals surface area contributed by atoms with E-state index in [1.807, 2.05) is 6.92 Å². The molecule has 3 N–H and O–H groups in total. The average molecular weight is 339 g/mol. The monoisotopic (exact) mass is 339 g/mol. The lowest BCUT2D eigenvalue weighted by atomic mass is 10.1. The lowest BCUT2D eigenvalue weighted by molar-refractivity contribution is 0.0953. The van der Waals surface area contributed by atoms with E-state index < -0.39 is 10.0 Å². The minimum atomic E-state index is -3.49. The third-order valence-electron chi connectivity index (χ3n) is 4.13. The molecule has 0 bridgehead atoms. The van der Waals surface area contributed by atoms with Crippen LogP contribution in [0.3, 0.4) is 0 Å². The van der Waals surface area contributed by atoms with E-state index in [-0.39, 0.29) is 16.8 Å². The van der Waals surface area contributed by atoms with Crippen molar-refractivity contribution in [2.75, 3.05) is 19.6 Å². The fourth-order valence-electron chi connectivity index (χ4n) is 2.75. The summed E-state index contributed by atoms with van der Waals surface area (Å²) in [7, 11) is -3.49. The smallest absolute Gasteiger partial charge is 0.251 e. The van der Waals surface area contributed by atoms with Gasteiger partial charge in [-0.1, -0.05) is 6.42 Å². The molecule has 23 heavy (non-hydrogen) atoms. The van der Waals surface area contributed by atoms with E-state index in [1.54, 1.807) is 16.4 Å². The van der Waals surface area contributed by atoms with E-state index in [0.29, 0.717) is 31.6 Å². The van der Waals surface area contributed by atoms with Crippen LogP contribution in [0.4, 0.5) is 0 Å². The van der Waals surface area contributed by atoms with Crippen molar-refractivity contribution in [2.24, 2.45) is 5.73 Å². The van der Waals surface area contributed by atoms with Gasteiger partial charge in [0.15, 0.2) is 0 Å². The zero-order chi connectivity index (χ0) is 16.9. The van der Waals surface area contributed by atoms with Crippen LogP contribution in [0.15, 0.2) is 29.2 Å². The molecule has 1 unspecified atom stereocenters. The van der Waals surface area contributed by atoms with Crippen LogP contribution in [0.1, 0.15) is 43.0 Å². The van der Waals surface area contributed by atoms with Gasteiger partial charge < -0.3 is 11.1 Å². The second kappa shape index (κ2) is 7.90. The van der Waals surface area contributed by atoms with Gasteiger partial charge in [-0.3, -0.25) is 4.79 Å². The normalized spacial score (nSPS) is 19.5. The molecule has 1 atom stereocenters. The van der Waals surface area contributed by atoms with Crippen molar-refractivity contribution < 1.29 is 13.2 Å². The Morgan fingerprint density at radius 1 is 1.30 bits per heavy atom. The van der Waals surface area contributed by atoms with Crippen LogP contribution in [-0.2, 0) is 10.0 Å². The van der Waals surface area contributed by atoms with Gasteiger partial charge >= 0.3 is 0 Å². The van der Waals surface area contributed by atoms with Crippen LogP contribution in [0.5, 0.6) is 0 Å². The molecule has 1 aromatic carbocycles. The highest BCUT2D eigenvalue weighted by Crippen LogP contribution is 2.25. The molecule has 128 valence electrons. The number of nitrogens with one attached hydrogen (secondary N) is 1. The van der Waals surface area contributed by atoms with Gasteiger partial charge in [0.2, 0.25) is 10.0 Å². The highest BCUT2D eigenvalue weighted by Gasteiger charge is 2.30. The SMILES string of the molecule is CC1CCCCN1S(=O)(=O)c1ccc(C(=O)NCCCN)cc1. The maximum absolute atomic E-state index is 12.7. The van der Waals surface area contributed by atoms with Crippen LogP contribution >= 0.6 is 0 Å². The first-order chi connectivity index (χ1) is 11.0. The summed E-state index contributed by atoms with van der Waals surface area (Å²) < 4.78 is 27.0. The van der Waals surface area contributed by atoms with Gasteiger partial charge in [-0.25, -0.2) is 8.42 Å². The van der Waals surface area contributed by atoms with Crippen LogP contribution in [0.25, 0.3) is 0 Å². The Hall–Kier alpha value is -1.44. The molecule has 0 saturated carbocycles. The summed E-state index contributed by atoms with van der Waals surface area (Å²) in [6.45, 7) is 3.53. The minimum Gasteiger partial charge on any atom is -0.352 e. The molecule has 1 amide bonds. The molecule has 2 rings (SSSR count). The molecule has 0 aromatic heterocycles. The molecule has 1 aliphatic heterocycles. The highest BCUT2D eigenvalue weighted by molar-refractivity contribution is 7.89. The number of rotatable bonds is 6. The Balaban J connectivity index is 2.10. The number of piperidine rings is 1. The van der Waals surface area contributed by atoms with Gasteiger partial charge in [0.1, 0.15) is 0 Å². The second-order valence-corrected chi connectivity index (χ2v) is 7.77. The fraction of sp³-hybridized carbons (Fsp3) is 0.562. The molecule has 1 aliphatic rings. The number of amides is 1. The first-order valence-electron chi connectivity index (χ1n) is 8.07.